The van der Waals surface area contributed by atoms with Gasteiger partial charge in [-0.2, -0.15) is 9.59 Å². The minimum atomic E-state index is -4.19. The molecular weight excluding hydrogens is 384 g/mol. The molecule has 0 saturated heterocycles. The van der Waals surface area contributed by atoms with Crippen LogP contribution in [0, 0.1) is 10.2 Å². The molecule has 0 atom stereocenters. The van der Waals surface area contributed by atoms with E-state index in [0.29, 0.717) is 13.2 Å². The van der Waals surface area contributed by atoms with Crippen molar-refractivity contribution in [3.8, 4) is 11.1 Å². The quantitative estimate of drug-likeness (QED) is 0.557. The summed E-state index contributed by atoms with van der Waals surface area (Å²) in [5, 5.41) is 0. The number of pyridine rings is 2. The van der Waals surface area contributed by atoms with E-state index < -0.39 is 22.4 Å². The molecule has 27 heavy (non-hydrogen) atoms. The molecule has 0 bridgehead atoms. The van der Waals surface area contributed by atoms with Crippen LogP contribution in [0.1, 0.15) is 13.8 Å². The molecule has 0 radical (unpaired) electrons. The normalized spacial score (nSPS) is 11.0. The van der Waals surface area contributed by atoms with Crippen LogP contribution in [-0.4, -0.2) is 39.4 Å². The van der Waals surface area contributed by atoms with Crippen LogP contribution in [0.4, 0.5) is 9.59 Å². The molecule has 0 aliphatic carbocycles. The maximum atomic E-state index is 11.6. The van der Waals surface area contributed by atoms with Crippen LogP contribution in [0.3, 0.4) is 0 Å². The zero-order valence-electron chi connectivity index (χ0n) is 14.7. The van der Waals surface area contributed by atoms with Crippen molar-refractivity contribution >= 4 is 12.2 Å². The third-order valence-electron chi connectivity index (χ3n) is 2.95. The summed E-state index contributed by atoms with van der Waals surface area (Å²) in [6.45, 7) is 4.19. The Bertz CT molecular complexity index is 679. The number of rotatable bonds is 3. The van der Waals surface area contributed by atoms with Crippen molar-refractivity contribution in [1.82, 2.24) is 0 Å². The third-order valence-corrected chi connectivity index (χ3v) is 2.95. The molecule has 11 heteroatoms. The Morgan fingerprint density at radius 3 is 1.33 bits per heavy atom. The molecule has 148 valence electrons. The van der Waals surface area contributed by atoms with Gasteiger partial charge in [-0.15, -0.1) is 0 Å². The van der Waals surface area contributed by atoms with Gasteiger partial charge < -0.3 is 9.47 Å². The van der Waals surface area contributed by atoms with Crippen LogP contribution in [0.15, 0.2) is 49.1 Å². The van der Waals surface area contributed by atoms with Gasteiger partial charge in [0.15, 0.2) is 24.8 Å². The molecule has 0 aromatic carbocycles. The predicted molar refractivity (Wildman–Crippen MR) is 83.8 cm³/mol. The van der Waals surface area contributed by atoms with E-state index in [-0.39, 0.29) is 0 Å². The van der Waals surface area contributed by atoms with E-state index >= 15 is 0 Å². The van der Waals surface area contributed by atoms with E-state index in [9.17, 15) is 9.59 Å². The number of ether oxygens (including phenoxy) is 2. The van der Waals surface area contributed by atoms with Gasteiger partial charge in [-0.1, -0.05) is 9.13 Å². The molecule has 0 aliphatic rings. The van der Waals surface area contributed by atoms with Crippen LogP contribution in [-0.2, 0) is 9.47 Å². The fourth-order valence-electron chi connectivity index (χ4n) is 1.88. The Kier molecular flexibility index (Phi) is 8.72. The predicted octanol–water partition coefficient (Wildman–Crippen LogP) is -0.922. The monoisotopic (exact) mass is 404 g/mol. The van der Waals surface area contributed by atoms with Gasteiger partial charge in [-0.25, -0.2) is 0 Å². The molecule has 2 aromatic rings. The van der Waals surface area contributed by atoms with Crippen LogP contribution in [0.5, 0.6) is 0 Å². The summed E-state index contributed by atoms with van der Waals surface area (Å²) in [4.78, 5) is 23.1. The Morgan fingerprint density at radius 1 is 0.852 bits per heavy atom. The molecular formula is C16H21ClN2O8+2. The maximum absolute atomic E-state index is 11.6. The Balaban J connectivity index is 0.000000646. The average molecular weight is 405 g/mol. The number of hydrogen-bond acceptors (Lipinski definition) is 8. The van der Waals surface area contributed by atoms with E-state index in [1.165, 1.54) is 9.13 Å². The van der Waals surface area contributed by atoms with E-state index in [1.807, 2.05) is 0 Å². The Labute approximate surface area is 157 Å². The van der Waals surface area contributed by atoms with E-state index in [0.717, 1.165) is 11.1 Å². The van der Waals surface area contributed by atoms with Crippen molar-refractivity contribution in [2.45, 2.75) is 13.8 Å². The minimum absolute atomic E-state index is 0.333. The number of hydrogen-bond donors (Lipinski definition) is 3. The van der Waals surface area contributed by atoms with Gasteiger partial charge in [0.1, 0.15) is 0 Å². The van der Waals surface area contributed by atoms with Crippen LogP contribution in [0.2, 0.25) is 0 Å². The number of aromatic nitrogens is 2. The summed E-state index contributed by atoms with van der Waals surface area (Å²) < 4.78 is 42.8. The zero-order valence-corrected chi connectivity index (χ0v) is 15.4. The fourth-order valence-corrected chi connectivity index (χ4v) is 1.88. The number of carbonyl (C=O) groups excluding carboxylic acids is 2. The van der Waals surface area contributed by atoms with Gasteiger partial charge in [0.2, 0.25) is 0 Å². The first-order valence-electron chi connectivity index (χ1n) is 7.69. The van der Waals surface area contributed by atoms with Gasteiger partial charge in [0, 0.05) is 24.3 Å². The SMILES string of the molecule is CCOC(=O)[n+]1ccc(-c2cc[n+](C(=O)OCC)cc2)cc1.[O-][Cl+](O)(O)O. The van der Waals surface area contributed by atoms with E-state index in [2.05, 4.69) is 0 Å². The molecule has 0 unspecified atom stereocenters. The summed E-state index contributed by atoms with van der Waals surface area (Å²) in [7, 11) is -4.19. The molecule has 0 aliphatic heterocycles. The summed E-state index contributed by atoms with van der Waals surface area (Å²) in [6, 6.07) is 7.23. The molecule has 0 fully saturated rings. The van der Waals surface area contributed by atoms with Gasteiger partial charge in [-0.05, 0) is 25.0 Å². The molecule has 2 rings (SSSR count). The van der Waals surface area contributed by atoms with Crippen molar-refractivity contribution < 1.29 is 57.1 Å². The van der Waals surface area contributed by atoms with Gasteiger partial charge in [0.05, 0.1) is 13.2 Å². The molecule has 3 N–H and O–H groups in total. The molecule has 2 aromatic heterocycles. The van der Waals surface area contributed by atoms with Crippen LogP contribution in [0.25, 0.3) is 11.1 Å². The van der Waals surface area contributed by atoms with Crippen molar-refractivity contribution in [2.24, 2.45) is 0 Å². The molecule has 0 spiro atoms. The Morgan fingerprint density at radius 2 is 1.11 bits per heavy atom. The first-order valence-corrected chi connectivity index (χ1v) is 9.01. The van der Waals surface area contributed by atoms with Crippen LogP contribution < -0.4 is 13.8 Å². The van der Waals surface area contributed by atoms with Crippen molar-refractivity contribution in [2.75, 3.05) is 13.2 Å². The first kappa shape index (κ1) is 22.4. The fraction of sp³-hybridized carbons (Fsp3) is 0.250. The topological polar surface area (TPSA) is 144 Å². The summed E-state index contributed by atoms with van der Waals surface area (Å²) in [5.74, 6) is 0. The Hall–Kier alpha value is -2.63. The van der Waals surface area contributed by atoms with Crippen molar-refractivity contribution in [1.29, 1.82) is 0 Å². The number of nitrogens with zero attached hydrogens (tertiary/aromatic N) is 2. The standard InChI is InChI=1S/C16H18N2O4.ClH3O4/c1-3-21-15(19)17-9-5-13(6-10-17)14-7-11-18(12-8-14)16(20)22-4-2;2-1(3,4)5/h5-12H,3-4H2,1-2H3;2-4H/q+2;. The van der Waals surface area contributed by atoms with Gasteiger partial charge in [-0.3, -0.25) is 0 Å². The third kappa shape index (κ3) is 8.53. The summed E-state index contributed by atoms with van der Waals surface area (Å²) in [5.41, 5.74) is 1.85. The van der Waals surface area contributed by atoms with Crippen LogP contribution >= 0.6 is 0 Å². The van der Waals surface area contributed by atoms with Gasteiger partial charge >= 0.3 is 41.1 Å². The average Bonchev–Trinajstić information content (AvgIpc) is 2.61. The molecule has 2 heterocycles. The van der Waals surface area contributed by atoms with Gasteiger partial charge in [0.25, 0.3) is 0 Å². The molecule has 10 nitrogen and oxygen atoms in total. The van der Waals surface area contributed by atoms with Crippen molar-refractivity contribution in [3.05, 3.63) is 49.1 Å². The number of halogens is 1. The summed E-state index contributed by atoms with van der Waals surface area (Å²) in [6.07, 6.45) is 5.73. The number of carbonyl (C=O) groups is 2. The van der Waals surface area contributed by atoms with E-state index in [4.69, 9.17) is 28.1 Å². The second-order valence-electron chi connectivity index (χ2n) is 4.82. The van der Waals surface area contributed by atoms with E-state index in [1.54, 1.807) is 62.9 Å². The first-order chi connectivity index (χ1) is 12.7. The zero-order chi connectivity index (χ0) is 20.4. The summed E-state index contributed by atoms with van der Waals surface area (Å²) >= 11 is 0. The second kappa shape index (κ2) is 10.5. The van der Waals surface area contributed by atoms with Crippen molar-refractivity contribution in [3.63, 3.8) is 0 Å². The second-order valence-corrected chi connectivity index (χ2v) is 5.69. The molecule has 0 amide bonds. The molecule has 0 saturated carbocycles.